The molecule has 2 atom stereocenters. The molecule has 0 amide bonds. The second-order valence-electron chi connectivity index (χ2n) is 11.5. The summed E-state index contributed by atoms with van der Waals surface area (Å²) in [5.41, 5.74) is 7.42. The number of carbonyl (C=O) groups is 2. The van der Waals surface area contributed by atoms with E-state index in [-0.39, 0.29) is 17.8 Å². The summed E-state index contributed by atoms with van der Waals surface area (Å²) in [6, 6.07) is 5.64. The van der Waals surface area contributed by atoms with E-state index in [0.29, 0.717) is 18.3 Å². The summed E-state index contributed by atoms with van der Waals surface area (Å²) >= 11 is 0. The lowest BCUT2D eigenvalue weighted by molar-refractivity contribution is -0.138. The lowest BCUT2D eigenvalue weighted by Crippen LogP contribution is -2.29. The van der Waals surface area contributed by atoms with E-state index in [4.69, 9.17) is 15.6 Å². The summed E-state index contributed by atoms with van der Waals surface area (Å²) in [6.45, 7) is 16.7. The van der Waals surface area contributed by atoms with Gasteiger partial charge < -0.3 is 15.6 Å². The van der Waals surface area contributed by atoms with E-state index >= 15 is 0 Å². The molecule has 0 spiro atoms. The molecule has 0 saturated heterocycles. The molecule has 0 saturated carbocycles. The Morgan fingerprint density at radius 3 is 2.12 bits per heavy atom. The maximum Gasteiger partial charge on any atom is 0.320 e. The third-order valence-corrected chi connectivity index (χ3v) is 6.15. The highest BCUT2D eigenvalue weighted by molar-refractivity contribution is 5.85. The summed E-state index contributed by atoms with van der Waals surface area (Å²) in [6.07, 6.45) is 4.26. The number of hydrogen-bond acceptors (Lipinski definition) is 4. The number of unbranched alkanes of at least 4 members (excludes halogenated alkanes) is 1. The molecular formula is C27H45NO4. The van der Waals surface area contributed by atoms with Gasteiger partial charge in [0, 0.05) is 5.41 Å². The first-order valence-electron chi connectivity index (χ1n) is 11.9. The van der Waals surface area contributed by atoms with Crippen LogP contribution in [0.2, 0.25) is 0 Å². The quantitative estimate of drug-likeness (QED) is 0.397. The molecule has 0 unspecified atom stereocenters. The largest absolute Gasteiger partial charge is 0.486 e. The molecule has 1 aromatic carbocycles. The van der Waals surface area contributed by atoms with Crippen LogP contribution in [-0.4, -0.2) is 29.5 Å². The summed E-state index contributed by atoms with van der Waals surface area (Å²) in [5.74, 6) is 0.949. The molecule has 182 valence electrons. The number of rotatable bonds is 12. The molecule has 0 aliphatic heterocycles. The standard InChI is InChI=1S/C27H45NO4/c1-18(2)20(11-9-10-12-22(28)25(30)31)15-19-13-14-21(26(3,4)5)23(16-19)32-17-24(29)27(6,7)8/h13-14,16,18,20,22H,9-12,15,17,28H2,1-8H3,(H,30,31)/t20-,22-/m0/s1. The van der Waals surface area contributed by atoms with Crippen LogP contribution in [0.5, 0.6) is 5.75 Å². The maximum absolute atomic E-state index is 12.4. The van der Waals surface area contributed by atoms with Gasteiger partial charge in [-0.1, -0.05) is 80.4 Å². The molecule has 5 heteroatoms. The maximum atomic E-state index is 12.4. The van der Waals surface area contributed by atoms with E-state index in [1.807, 2.05) is 20.8 Å². The second kappa shape index (κ2) is 11.8. The van der Waals surface area contributed by atoms with Crippen LogP contribution >= 0.6 is 0 Å². The zero-order valence-corrected chi connectivity index (χ0v) is 21.5. The van der Waals surface area contributed by atoms with Gasteiger partial charge in [-0.05, 0) is 53.7 Å². The van der Waals surface area contributed by atoms with Crippen LogP contribution < -0.4 is 10.5 Å². The van der Waals surface area contributed by atoms with Gasteiger partial charge in [-0.15, -0.1) is 0 Å². The third kappa shape index (κ3) is 9.32. The molecule has 0 heterocycles. The minimum Gasteiger partial charge on any atom is -0.486 e. The van der Waals surface area contributed by atoms with Crippen molar-refractivity contribution in [2.75, 3.05) is 6.61 Å². The number of hydrogen-bond donors (Lipinski definition) is 2. The fourth-order valence-electron chi connectivity index (χ4n) is 3.66. The fourth-order valence-corrected chi connectivity index (χ4v) is 3.66. The lowest BCUT2D eigenvalue weighted by atomic mass is 9.82. The van der Waals surface area contributed by atoms with Crippen LogP contribution in [0.3, 0.4) is 0 Å². The van der Waals surface area contributed by atoms with Crippen molar-refractivity contribution in [3.8, 4) is 5.75 Å². The Morgan fingerprint density at radius 2 is 1.62 bits per heavy atom. The second-order valence-corrected chi connectivity index (χ2v) is 11.5. The number of ketones is 1. The number of nitrogens with two attached hydrogens (primary N) is 1. The van der Waals surface area contributed by atoms with E-state index in [1.54, 1.807) is 0 Å². The molecule has 0 bridgehead atoms. The topological polar surface area (TPSA) is 89.6 Å². The first-order chi connectivity index (χ1) is 14.6. The van der Waals surface area contributed by atoms with Crippen molar-refractivity contribution in [1.29, 1.82) is 0 Å². The zero-order valence-electron chi connectivity index (χ0n) is 21.5. The summed E-state index contributed by atoms with van der Waals surface area (Å²) < 4.78 is 6.06. The first kappa shape index (κ1) is 28.2. The molecule has 5 nitrogen and oxygen atoms in total. The van der Waals surface area contributed by atoms with Gasteiger partial charge in [-0.2, -0.15) is 0 Å². The number of carboxylic acids is 1. The van der Waals surface area contributed by atoms with Gasteiger partial charge >= 0.3 is 5.97 Å². The Labute approximate surface area is 195 Å². The molecule has 0 aromatic heterocycles. The van der Waals surface area contributed by atoms with Gasteiger partial charge in [-0.3, -0.25) is 9.59 Å². The van der Waals surface area contributed by atoms with Crippen LogP contribution in [0, 0.1) is 17.3 Å². The molecule has 0 radical (unpaired) electrons. The monoisotopic (exact) mass is 447 g/mol. The fraction of sp³-hybridized carbons (Fsp3) is 0.704. The van der Waals surface area contributed by atoms with Crippen LogP contribution in [0.15, 0.2) is 18.2 Å². The number of ether oxygens (including phenoxy) is 1. The van der Waals surface area contributed by atoms with Crippen molar-refractivity contribution < 1.29 is 19.4 Å². The van der Waals surface area contributed by atoms with E-state index in [1.165, 1.54) is 5.56 Å². The Hall–Kier alpha value is -1.88. The predicted octanol–water partition coefficient (Wildman–Crippen LogP) is 5.77. The van der Waals surface area contributed by atoms with Crippen molar-refractivity contribution in [2.24, 2.45) is 23.0 Å². The number of benzene rings is 1. The minimum atomic E-state index is -0.929. The summed E-state index contributed by atoms with van der Waals surface area (Å²) in [5, 5.41) is 8.94. The van der Waals surface area contributed by atoms with E-state index < -0.39 is 17.4 Å². The Bertz CT molecular complexity index is 756. The van der Waals surface area contributed by atoms with E-state index in [9.17, 15) is 9.59 Å². The van der Waals surface area contributed by atoms with Crippen LogP contribution in [0.25, 0.3) is 0 Å². The molecule has 1 rings (SSSR count). The predicted molar refractivity (Wildman–Crippen MR) is 131 cm³/mol. The molecule has 3 N–H and O–H groups in total. The first-order valence-corrected chi connectivity index (χ1v) is 11.9. The van der Waals surface area contributed by atoms with Crippen molar-refractivity contribution in [2.45, 2.75) is 99.0 Å². The molecule has 32 heavy (non-hydrogen) atoms. The van der Waals surface area contributed by atoms with Crippen molar-refractivity contribution in [1.82, 2.24) is 0 Å². The summed E-state index contributed by atoms with van der Waals surface area (Å²) in [7, 11) is 0. The van der Waals surface area contributed by atoms with Crippen molar-refractivity contribution >= 4 is 11.8 Å². The number of Topliss-reactive ketones (excluding diaryl/α,β-unsaturated/α-hetero) is 1. The highest BCUT2D eigenvalue weighted by atomic mass is 16.5. The Morgan fingerprint density at radius 1 is 1.03 bits per heavy atom. The van der Waals surface area contributed by atoms with Crippen LogP contribution in [0.4, 0.5) is 0 Å². The van der Waals surface area contributed by atoms with E-state index in [2.05, 4.69) is 52.8 Å². The van der Waals surface area contributed by atoms with Crippen molar-refractivity contribution in [3.63, 3.8) is 0 Å². The number of carboxylic acid groups (broad SMARTS) is 1. The molecule has 0 aliphatic rings. The third-order valence-electron chi connectivity index (χ3n) is 6.15. The molecule has 1 aromatic rings. The smallest absolute Gasteiger partial charge is 0.320 e. The zero-order chi connectivity index (χ0) is 24.7. The Kier molecular flexibility index (Phi) is 10.4. The minimum absolute atomic E-state index is 0.0769. The highest BCUT2D eigenvalue weighted by Crippen LogP contribution is 2.34. The number of carbonyl (C=O) groups excluding carboxylic acids is 1. The molecule has 0 fully saturated rings. The molecular weight excluding hydrogens is 402 g/mol. The number of aliphatic carboxylic acids is 1. The van der Waals surface area contributed by atoms with Crippen LogP contribution in [0.1, 0.15) is 92.2 Å². The SMILES string of the molecule is CC(C)[C@@H](CCCC[C@H](N)C(=O)O)Cc1ccc(C(C)(C)C)c(OCC(=O)C(C)(C)C)c1. The van der Waals surface area contributed by atoms with Gasteiger partial charge in [0.1, 0.15) is 18.4 Å². The average Bonchev–Trinajstić information content (AvgIpc) is 2.66. The highest BCUT2D eigenvalue weighted by Gasteiger charge is 2.25. The molecule has 0 aliphatic carbocycles. The van der Waals surface area contributed by atoms with Gasteiger partial charge in [0.15, 0.2) is 5.78 Å². The van der Waals surface area contributed by atoms with Gasteiger partial charge in [0.2, 0.25) is 0 Å². The van der Waals surface area contributed by atoms with E-state index in [0.717, 1.165) is 37.0 Å². The van der Waals surface area contributed by atoms with Gasteiger partial charge in [0.25, 0.3) is 0 Å². The van der Waals surface area contributed by atoms with Crippen LogP contribution in [-0.2, 0) is 21.4 Å². The normalized spacial score (nSPS) is 14.3. The summed E-state index contributed by atoms with van der Waals surface area (Å²) in [4.78, 5) is 23.3. The average molecular weight is 448 g/mol. The van der Waals surface area contributed by atoms with Gasteiger partial charge in [-0.25, -0.2) is 0 Å². The van der Waals surface area contributed by atoms with Gasteiger partial charge in [0.05, 0.1) is 0 Å². The Balaban J connectivity index is 2.92. The lowest BCUT2D eigenvalue weighted by Gasteiger charge is -2.26. The van der Waals surface area contributed by atoms with Crippen molar-refractivity contribution in [3.05, 3.63) is 29.3 Å².